The zero-order valence-electron chi connectivity index (χ0n) is 10.4. The van der Waals surface area contributed by atoms with E-state index >= 15 is 0 Å². The first kappa shape index (κ1) is 13.6. The second kappa shape index (κ2) is 6.36. The minimum atomic E-state index is -0.106. The first-order chi connectivity index (χ1) is 9.19. The van der Waals surface area contributed by atoms with Gasteiger partial charge in [-0.1, -0.05) is 35.9 Å². The molecule has 3 N–H and O–H groups in total. The van der Waals surface area contributed by atoms with Crippen LogP contribution in [0.15, 0.2) is 48.5 Å². The predicted molar refractivity (Wildman–Crippen MR) is 77.0 cm³/mol. The van der Waals surface area contributed by atoms with E-state index in [0.29, 0.717) is 23.7 Å². The molecule has 0 aliphatic rings. The second-order valence-electron chi connectivity index (χ2n) is 4.21. The third-order valence-corrected chi connectivity index (χ3v) is 3.04. The van der Waals surface area contributed by atoms with E-state index < -0.39 is 0 Å². The first-order valence-electron chi connectivity index (χ1n) is 6.00. The Hall–Kier alpha value is -1.84. The van der Waals surface area contributed by atoms with Gasteiger partial charge in [0, 0.05) is 23.7 Å². The maximum Gasteiger partial charge on any atom is 0.251 e. The fourth-order valence-corrected chi connectivity index (χ4v) is 1.85. The van der Waals surface area contributed by atoms with Gasteiger partial charge in [-0.25, -0.2) is 0 Å². The Kier molecular flexibility index (Phi) is 4.55. The van der Waals surface area contributed by atoms with Crippen molar-refractivity contribution in [2.45, 2.75) is 13.1 Å². The molecule has 2 rings (SSSR count). The summed E-state index contributed by atoms with van der Waals surface area (Å²) in [6.07, 6.45) is 0. The highest BCUT2D eigenvalue weighted by Crippen LogP contribution is 2.10. The van der Waals surface area contributed by atoms with Crippen LogP contribution in [0.2, 0.25) is 5.02 Å². The van der Waals surface area contributed by atoms with Gasteiger partial charge in [-0.05, 0) is 35.4 Å². The Balaban J connectivity index is 1.99. The molecule has 0 aromatic heterocycles. The molecule has 4 heteroatoms. The lowest BCUT2D eigenvalue weighted by Crippen LogP contribution is -2.22. The molecule has 0 fully saturated rings. The second-order valence-corrected chi connectivity index (χ2v) is 4.65. The molecule has 2 aromatic rings. The van der Waals surface area contributed by atoms with Crippen LogP contribution in [0.25, 0.3) is 0 Å². The van der Waals surface area contributed by atoms with Gasteiger partial charge in [-0.3, -0.25) is 4.79 Å². The molecule has 0 saturated carbocycles. The van der Waals surface area contributed by atoms with Gasteiger partial charge in [0.25, 0.3) is 5.91 Å². The molecule has 0 heterocycles. The van der Waals surface area contributed by atoms with E-state index in [-0.39, 0.29) is 5.91 Å². The lowest BCUT2D eigenvalue weighted by molar-refractivity contribution is 0.0951. The van der Waals surface area contributed by atoms with E-state index in [1.165, 1.54) is 0 Å². The standard InChI is InChI=1S/C15H15ClN2O/c16-14-6-4-11(5-7-14)10-18-15(19)13-3-1-2-12(8-13)9-17/h1-8H,9-10,17H2,(H,18,19). The number of benzene rings is 2. The highest BCUT2D eigenvalue weighted by molar-refractivity contribution is 6.30. The van der Waals surface area contributed by atoms with E-state index in [9.17, 15) is 4.79 Å². The molecule has 0 radical (unpaired) electrons. The average molecular weight is 275 g/mol. The fraction of sp³-hybridized carbons (Fsp3) is 0.133. The predicted octanol–water partition coefficient (Wildman–Crippen LogP) is 2.73. The quantitative estimate of drug-likeness (QED) is 0.901. The lowest BCUT2D eigenvalue weighted by Gasteiger charge is -2.06. The van der Waals surface area contributed by atoms with Crippen LogP contribution in [0.1, 0.15) is 21.5 Å². The van der Waals surface area contributed by atoms with E-state index in [4.69, 9.17) is 17.3 Å². The molecule has 98 valence electrons. The molecule has 0 spiro atoms. The molecule has 0 bridgehead atoms. The van der Waals surface area contributed by atoms with Crippen LogP contribution < -0.4 is 11.1 Å². The average Bonchev–Trinajstić information content (AvgIpc) is 2.46. The van der Waals surface area contributed by atoms with Crippen molar-refractivity contribution >= 4 is 17.5 Å². The van der Waals surface area contributed by atoms with E-state index in [1.807, 2.05) is 24.3 Å². The van der Waals surface area contributed by atoms with Crippen LogP contribution >= 0.6 is 11.6 Å². The van der Waals surface area contributed by atoms with Gasteiger partial charge < -0.3 is 11.1 Å². The minimum absolute atomic E-state index is 0.106. The van der Waals surface area contributed by atoms with Crippen molar-refractivity contribution in [2.24, 2.45) is 5.73 Å². The molecule has 0 unspecified atom stereocenters. The Bertz CT molecular complexity index is 567. The zero-order valence-corrected chi connectivity index (χ0v) is 11.2. The number of nitrogens with one attached hydrogen (secondary N) is 1. The summed E-state index contributed by atoms with van der Waals surface area (Å²) in [4.78, 5) is 12.0. The number of hydrogen-bond donors (Lipinski definition) is 2. The maximum atomic E-state index is 12.0. The molecule has 0 aliphatic heterocycles. The minimum Gasteiger partial charge on any atom is -0.348 e. The Morgan fingerprint density at radius 3 is 2.53 bits per heavy atom. The van der Waals surface area contributed by atoms with Gasteiger partial charge in [0.1, 0.15) is 0 Å². The molecule has 0 saturated heterocycles. The van der Waals surface area contributed by atoms with Crippen LogP contribution in [-0.2, 0) is 13.1 Å². The van der Waals surface area contributed by atoms with Crippen molar-refractivity contribution in [1.29, 1.82) is 0 Å². The number of hydrogen-bond acceptors (Lipinski definition) is 2. The Morgan fingerprint density at radius 2 is 1.84 bits per heavy atom. The van der Waals surface area contributed by atoms with Crippen molar-refractivity contribution < 1.29 is 4.79 Å². The lowest BCUT2D eigenvalue weighted by atomic mass is 10.1. The van der Waals surface area contributed by atoms with E-state index in [0.717, 1.165) is 11.1 Å². The third kappa shape index (κ3) is 3.81. The number of nitrogens with two attached hydrogens (primary N) is 1. The van der Waals surface area contributed by atoms with Crippen LogP contribution in [0, 0.1) is 0 Å². The normalized spacial score (nSPS) is 10.2. The number of amides is 1. The SMILES string of the molecule is NCc1cccc(C(=O)NCc2ccc(Cl)cc2)c1. The number of carbonyl (C=O) groups is 1. The van der Waals surface area contributed by atoms with E-state index in [2.05, 4.69) is 5.32 Å². The molecule has 3 nitrogen and oxygen atoms in total. The highest BCUT2D eigenvalue weighted by atomic mass is 35.5. The molecule has 0 atom stereocenters. The molecule has 19 heavy (non-hydrogen) atoms. The van der Waals surface area contributed by atoms with Crippen molar-refractivity contribution in [3.05, 3.63) is 70.2 Å². The van der Waals surface area contributed by atoms with Crippen molar-refractivity contribution in [2.75, 3.05) is 0 Å². The number of rotatable bonds is 4. The Morgan fingerprint density at radius 1 is 1.11 bits per heavy atom. The highest BCUT2D eigenvalue weighted by Gasteiger charge is 2.05. The summed E-state index contributed by atoms with van der Waals surface area (Å²) in [5.41, 5.74) is 8.13. The summed E-state index contributed by atoms with van der Waals surface area (Å²) in [6, 6.07) is 14.7. The number of halogens is 1. The zero-order chi connectivity index (χ0) is 13.7. The molecule has 2 aromatic carbocycles. The maximum absolute atomic E-state index is 12.0. The summed E-state index contributed by atoms with van der Waals surface area (Å²) < 4.78 is 0. The fourth-order valence-electron chi connectivity index (χ4n) is 1.73. The summed E-state index contributed by atoms with van der Waals surface area (Å²) >= 11 is 5.80. The summed E-state index contributed by atoms with van der Waals surface area (Å²) in [5, 5.41) is 3.55. The number of carbonyl (C=O) groups excluding carboxylic acids is 1. The van der Waals surface area contributed by atoms with Gasteiger partial charge in [-0.15, -0.1) is 0 Å². The van der Waals surface area contributed by atoms with Crippen molar-refractivity contribution in [1.82, 2.24) is 5.32 Å². The van der Waals surface area contributed by atoms with E-state index in [1.54, 1.807) is 24.3 Å². The van der Waals surface area contributed by atoms with Crippen LogP contribution in [-0.4, -0.2) is 5.91 Å². The molecule has 0 aliphatic carbocycles. The van der Waals surface area contributed by atoms with Crippen LogP contribution in [0.5, 0.6) is 0 Å². The van der Waals surface area contributed by atoms with Gasteiger partial charge >= 0.3 is 0 Å². The van der Waals surface area contributed by atoms with Gasteiger partial charge in [0.15, 0.2) is 0 Å². The largest absolute Gasteiger partial charge is 0.348 e. The molecule has 1 amide bonds. The topological polar surface area (TPSA) is 55.1 Å². The van der Waals surface area contributed by atoms with Gasteiger partial charge in [-0.2, -0.15) is 0 Å². The first-order valence-corrected chi connectivity index (χ1v) is 6.38. The van der Waals surface area contributed by atoms with Crippen molar-refractivity contribution in [3.63, 3.8) is 0 Å². The van der Waals surface area contributed by atoms with Crippen molar-refractivity contribution in [3.8, 4) is 0 Å². The summed E-state index contributed by atoms with van der Waals surface area (Å²) in [7, 11) is 0. The van der Waals surface area contributed by atoms with Crippen LogP contribution in [0.4, 0.5) is 0 Å². The van der Waals surface area contributed by atoms with Gasteiger partial charge in [0.05, 0.1) is 0 Å². The molecular formula is C15H15ClN2O. The third-order valence-electron chi connectivity index (χ3n) is 2.79. The molecular weight excluding hydrogens is 260 g/mol. The monoisotopic (exact) mass is 274 g/mol. The Labute approximate surface area is 117 Å². The van der Waals surface area contributed by atoms with Crippen LogP contribution in [0.3, 0.4) is 0 Å². The summed E-state index contributed by atoms with van der Waals surface area (Å²) in [5.74, 6) is -0.106. The van der Waals surface area contributed by atoms with Gasteiger partial charge in [0.2, 0.25) is 0 Å². The summed E-state index contributed by atoms with van der Waals surface area (Å²) in [6.45, 7) is 0.904. The smallest absolute Gasteiger partial charge is 0.251 e.